The van der Waals surface area contributed by atoms with Gasteiger partial charge in [0.25, 0.3) is 5.91 Å². The fourth-order valence-electron chi connectivity index (χ4n) is 7.74. The highest BCUT2D eigenvalue weighted by atomic mass is 16.5. The van der Waals surface area contributed by atoms with Crippen molar-refractivity contribution >= 4 is 41.1 Å². The summed E-state index contributed by atoms with van der Waals surface area (Å²) >= 11 is 0. The van der Waals surface area contributed by atoms with Gasteiger partial charge in [0.2, 0.25) is 29.5 Å². The number of nitrogens with zero attached hydrogens (tertiary/aromatic N) is 4. The van der Waals surface area contributed by atoms with E-state index in [4.69, 9.17) is 21.5 Å². The highest BCUT2D eigenvalue weighted by Gasteiger charge is 2.37. The van der Waals surface area contributed by atoms with E-state index in [0.29, 0.717) is 22.8 Å². The van der Waals surface area contributed by atoms with Crippen LogP contribution in [0.1, 0.15) is 85.5 Å². The molecule has 0 radical (unpaired) electrons. The van der Waals surface area contributed by atoms with Crippen LogP contribution in [0.5, 0.6) is 11.5 Å². The molecule has 2 heterocycles. The van der Waals surface area contributed by atoms with Gasteiger partial charge < -0.3 is 52.8 Å². The number of phenolic OH excluding ortho intramolecular Hbond substituents is 1. The Hall–Kier alpha value is -7.43. The predicted octanol–water partition coefficient (Wildman–Crippen LogP) is 2.56. The highest BCUT2D eigenvalue weighted by molar-refractivity contribution is 6.01. The summed E-state index contributed by atoms with van der Waals surface area (Å²) in [5.74, 6) is -4.11. The number of nitrogens with one attached hydrogen (secondary N) is 5. The lowest BCUT2D eigenvalue weighted by Gasteiger charge is -2.33. The normalized spacial score (nSPS) is 16.5. The number of aryl methyl sites for hydroxylation is 2. The lowest BCUT2D eigenvalue weighted by atomic mass is 9.86. The zero-order valence-corrected chi connectivity index (χ0v) is 39.0. The summed E-state index contributed by atoms with van der Waals surface area (Å²) in [6.07, 6.45) is -0.164. The summed E-state index contributed by atoms with van der Waals surface area (Å²) in [5, 5.41) is 34.1. The molecule has 0 spiro atoms. The highest BCUT2D eigenvalue weighted by Crippen LogP contribution is 2.44. The van der Waals surface area contributed by atoms with Crippen LogP contribution in [0, 0.1) is 25.2 Å². The summed E-state index contributed by atoms with van der Waals surface area (Å²) in [6, 6.07) is 11.8. The first kappa shape index (κ1) is 50.6. The van der Waals surface area contributed by atoms with Crippen molar-refractivity contribution in [3.05, 3.63) is 88.2 Å². The number of amides is 6. The van der Waals surface area contributed by atoms with Gasteiger partial charge in [0, 0.05) is 43.6 Å². The number of benzene rings is 3. The molecule has 0 aliphatic carbocycles. The third kappa shape index (κ3) is 12.1. The molecule has 1 aliphatic rings. The number of aromatic nitrogens is 2. The Morgan fingerprint density at radius 2 is 1.64 bits per heavy atom. The van der Waals surface area contributed by atoms with Gasteiger partial charge in [-0.3, -0.25) is 28.8 Å². The van der Waals surface area contributed by atoms with E-state index < -0.39 is 65.4 Å². The van der Waals surface area contributed by atoms with Crippen LogP contribution in [0.2, 0.25) is 0 Å². The number of carbonyl (C=O) groups is 6. The number of phenols is 1. The number of fused-ring (bicyclic) bond motifs is 5. The second-order valence-corrected chi connectivity index (χ2v) is 17.4. The first-order valence-corrected chi connectivity index (χ1v) is 21.8. The Morgan fingerprint density at radius 3 is 2.24 bits per heavy atom. The van der Waals surface area contributed by atoms with E-state index in [1.807, 2.05) is 30.3 Å². The van der Waals surface area contributed by atoms with E-state index in [9.17, 15) is 33.9 Å². The molecule has 19 heteroatoms. The molecule has 0 fully saturated rings. The fraction of sp³-hybridized carbons (Fsp3) is 0.396. The zero-order valence-electron chi connectivity index (χ0n) is 39.0. The molecule has 4 aromatic rings. The van der Waals surface area contributed by atoms with Crippen LogP contribution >= 0.6 is 0 Å². The molecule has 0 saturated heterocycles. The van der Waals surface area contributed by atoms with Gasteiger partial charge in [-0.05, 0) is 80.1 Å². The Balaban J connectivity index is 1.61. The van der Waals surface area contributed by atoms with Gasteiger partial charge >= 0.3 is 0 Å². The molecular formula is C48H59N11O8. The Labute approximate surface area is 389 Å². The number of likely N-dealkylation sites (N-methyl/N-ethyl adjacent to an activating group) is 1. The van der Waals surface area contributed by atoms with Crippen LogP contribution in [0.4, 0.5) is 5.69 Å². The first-order chi connectivity index (χ1) is 31.7. The van der Waals surface area contributed by atoms with Crippen molar-refractivity contribution < 1.29 is 38.6 Å². The average molecular weight is 918 g/mol. The molecular weight excluding hydrogens is 859 g/mol. The van der Waals surface area contributed by atoms with Crippen LogP contribution in [0.25, 0.3) is 22.5 Å². The molecule has 10 N–H and O–H groups in total. The third-order valence-electron chi connectivity index (χ3n) is 11.2. The number of nitrogens with two attached hydrogens (primary N) is 2. The monoisotopic (exact) mass is 917 g/mol. The minimum Gasteiger partial charge on any atom is -0.505 e. The van der Waals surface area contributed by atoms with Crippen molar-refractivity contribution in [3.8, 4) is 40.1 Å². The predicted molar refractivity (Wildman–Crippen MR) is 250 cm³/mol. The van der Waals surface area contributed by atoms with Crippen LogP contribution in [-0.4, -0.2) is 107 Å². The van der Waals surface area contributed by atoms with Gasteiger partial charge in [0.15, 0.2) is 5.82 Å². The average Bonchev–Trinajstić information content (AvgIpc) is 3.27. The summed E-state index contributed by atoms with van der Waals surface area (Å²) in [5.41, 5.74) is 15.2. The quantitative estimate of drug-likeness (QED) is 0.0708. The van der Waals surface area contributed by atoms with E-state index in [-0.39, 0.29) is 78.2 Å². The van der Waals surface area contributed by atoms with Gasteiger partial charge in [-0.1, -0.05) is 51.1 Å². The maximum atomic E-state index is 14.8. The summed E-state index contributed by atoms with van der Waals surface area (Å²) in [4.78, 5) is 93.6. The molecule has 354 valence electrons. The Morgan fingerprint density at radius 1 is 0.970 bits per heavy atom. The zero-order chi connectivity index (χ0) is 49.3. The van der Waals surface area contributed by atoms with E-state index in [2.05, 4.69) is 57.3 Å². The lowest BCUT2D eigenvalue weighted by molar-refractivity contribution is -0.141. The molecule has 5 rings (SSSR count). The number of aromatic hydroxyl groups is 1. The molecule has 4 bridgehead atoms. The van der Waals surface area contributed by atoms with Crippen molar-refractivity contribution in [2.45, 2.75) is 90.9 Å². The molecule has 0 saturated carbocycles. The third-order valence-corrected chi connectivity index (χ3v) is 11.2. The van der Waals surface area contributed by atoms with Gasteiger partial charge in [-0.2, -0.15) is 5.26 Å². The number of hydrogen-bond donors (Lipinski definition) is 8. The van der Waals surface area contributed by atoms with E-state index in [0.717, 1.165) is 16.0 Å². The van der Waals surface area contributed by atoms with E-state index in [1.54, 1.807) is 32.0 Å². The standard InChI is InChI=1S/C48H59N11O8/c1-25-39(26(2)54-42(53-25)30-10-12-32(13-11-30)48(5,6)7)45(64)57-35(15-16-49)47(66)59(8)40-31-23-34(41(61)36(24-31)56-28(4)60)33-21-29(9-14-38(33)67-20-18-51)22-37(44(63)52-19-17-50)58-43(62)27(3)55-46(40)65/h9-14,21,23-24,27,35,37,40,61H,15-16,18-20,22,49,51H2,1-8H3,(H,52,63)(H,55,65)(H,56,60)(H,57,64)(H,58,62)/t27-,35?,37-,40-/m0/s1. The van der Waals surface area contributed by atoms with Crippen LogP contribution in [0.3, 0.4) is 0 Å². The van der Waals surface area contributed by atoms with Gasteiger partial charge in [-0.25, -0.2) is 9.97 Å². The molecule has 1 aliphatic heterocycles. The largest absolute Gasteiger partial charge is 0.505 e. The van der Waals surface area contributed by atoms with E-state index in [1.165, 1.54) is 33.0 Å². The minimum absolute atomic E-state index is 0.0514. The molecule has 1 unspecified atom stereocenters. The molecule has 4 atom stereocenters. The maximum Gasteiger partial charge on any atom is 0.255 e. The second kappa shape index (κ2) is 21.7. The Bertz CT molecular complexity index is 2560. The maximum absolute atomic E-state index is 14.8. The number of hydrogen-bond acceptors (Lipinski definition) is 13. The number of rotatable bonds is 13. The van der Waals surface area contributed by atoms with Crippen LogP contribution < -0.4 is 42.8 Å². The first-order valence-electron chi connectivity index (χ1n) is 21.8. The van der Waals surface area contributed by atoms with Crippen molar-refractivity contribution in [1.29, 1.82) is 5.26 Å². The molecule has 6 amide bonds. The molecule has 1 aromatic heterocycles. The second-order valence-electron chi connectivity index (χ2n) is 17.4. The van der Waals surface area contributed by atoms with E-state index >= 15 is 0 Å². The summed E-state index contributed by atoms with van der Waals surface area (Å²) in [7, 11) is 1.33. The minimum atomic E-state index is -1.60. The lowest BCUT2D eigenvalue weighted by Crippen LogP contribution is -2.56. The number of nitriles is 1. The molecule has 67 heavy (non-hydrogen) atoms. The summed E-state index contributed by atoms with van der Waals surface area (Å²) < 4.78 is 5.98. The fourth-order valence-corrected chi connectivity index (χ4v) is 7.74. The smallest absolute Gasteiger partial charge is 0.255 e. The van der Waals surface area contributed by atoms with Crippen LogP contribution in [-0.2, 0) is 35.8 Å². The van der Waals surface area contributed by atoms with Crippen LogP contribution in [0.15, 0.2) is 54.6 Å². The van der Waals surface area contributed by atoms with Crippen molar-refractivity contribution in [2.75, 3.05) is 38.6 Å². The number of ether oxygens (including phenoxy) is 1. The molecule has 3 aromatic carbocycles. The van der Waals surface area contributed by atoms with Crippen molar-refractivity contribution in [1.82, 2.24) is 36.1 Å². The molecule has 19 nitrogen and oxygen atoms in total. The summed E-state index contributed by atoms with van der Waals surface area (Å²) in [6.45, 7) is 12.0. The number of carbonyl (C=O) groups excluding carboxylic acids is 6. The number of anilines is 1. The van der Waals surface area contributed by atoms with Gasteiger partial charge in [0.05, 0.1) is 28.7 Å². The van der Waals surface area contributed by atoms with Crippen molar-refractivity contribution in [3.63, 3.8) is 0 Å². The Kier molecular flexibility index (Phi) is 16.4. The SMILES string of the molecule is CC(=O)Nc1cc2cc(c1O)-c1cc(ccc1OCCN)C[C@@H](C(=O)NCC#N)NC(=O)[C@H](C)NC(=O)[C@H]2N(C)C(=O)C(CCN)NC(=O)c1c(C)nc(-c2ccc(C(C)(C)C)cc2)nc1C. The topological polar surface area (TPSA) is 297 Å². The van der Waals surface area contributed by atoms with Gasteiger partial charge in [-0.15, -0.1) is 0 Å². The van der Waals surface area contributed by atoms with Gasteiger partial charge in [0.1, 0.15) is 48.8 Å². The van der Waals surface area contributed by atoms with Crippen molar-refractivity contribution in [2.24, 2.45) is 11.5 Å².